The van der Waals surface area contributed by atoms with Crippen molar-refractivity contribution in [1.29, 1.82) is 0 Å². The van der Waals surface area contributed by atoms with Crippen LogP contribution in [0.4, 0.5) is 4.79 Å². The van der Waals surface area contributed by atoms with Gasteiger partial charge in [0, 0.05) is 13.1 Å². The lowest BCUT2D eigenvalue weighted by atomic mass is 10.1. The summed E-state index contributed by atoms with van der Waals surface area (Å²) in [6, 6.07) is 5.67. The molecule has 0 radical (unpaired) electrons. The quantitative estimate of drug-likeness (QED) is 0.784. The summed E-state index contributed by atoms with van der Waals surface area (Å²) in [5, 5.41) is 0. The maximum atomic E-state index is 11.7. The number of carbonyl (C=O) groups is 1. The van der Waals surface area contributed by atoms with Gasteiger partial charge in [-0.1, -0.05) is 6.07 Å². The van der Waals surface area contributed by atoms with Crippen LogP contribution in [0, 0.1) is 13.8 Å². The molecule has 0 fully saturated rings. The molecule has 0 spiro atoms. The monoisotopic (exact) mass is 221 g/mol. The average Bonchev–Trinajstić information content (AvgIpc) is 2.25. The summed E-state index contributed by atoms with van der Waals surface area (Å²) >= 11 is 0. The van der Waals surface area contributed by atoms with E-state index in [4.69, 9.17) is 4.74 Å². The van der Waals surface area contributed by atoms with Crippen LogP contribution in [-0.2, 0) is 0 Å². The highest BCUT2D eigenvalue weighted by Gasteiger charge is 2.11. The van der Waals surface area contributed by atoms with Gasteiger partial charge in [0.15, 0.2) is 0 Å². The summed E-state index contributed by atoms with van der Waals surface area (Å²) in [6.45, 7) is 9.24. The molecule has 0 saturated carbocycles. The third-order valence-corrected chi connectivity index (χ3v) is 2.71. The van der Waals surface area contributed by atoms with Crippen LogP contribution in [0.25, 0.3) is 0 Å². The zero-order valence-corrected chi connectivity index (χ0v) is 10.4. The van der Waals surface area contributed by atoms with Gasteiger partial charge in [-0.05, 0) is 51.0 Å². The van der Waals surface area contributed by atoms with E-state index < -0.39 is 0 Å². The molecular weight excluding hydrogens is 202 g/mol. The Bertz CT molecular complexity index is 370. The number of amides is 1. The first-order valence-corrected chi connectivity index (χ1v) is 5.62. The number of aryl methyl sites for hydroxylation is 2. The van der Waals surface area contributed by atoms with Crippen LogP contribution in [0.2, 0.25) is 0 Å². The molecule has 88 valence electrons. The Morgan fingerprint density at radius 3 is 2.31 bits per heavy atom. The molecule has 0 aliphatic carbocycles. The predicted molar refractivity (Wildman–Crippen MR) is 64.9 cm³/mol. The molecule has 0 saturated heterocycles. The zero-order valence-electron chi connectivity index (χ0n) is 10.4. The molecule has 3 nitrogen and oxygen atoms in total. The average molecular weight is 221 g/mol. The molecule has 3 heteroatoms. The highest BCUT2D eigenvalue weighted by molar-refractivity contribution is 5.70. The van der Waals surface area contributed by atoms with Crippen LogP contribution in [0.15, 0.2) is 18.2 Å². The van der Waals surface area contributed by atoms with E-state index >= 15 is 0 Å². The van der Waals surface area contributed by atoms with Crippen LogP contribution >= 0.6 is 0 Å². The molecule has 0 atom stereocenters. The minimum Gasteiger partial charge on any atom is -0.410 e. The molecule has 0 aliphatic rings. The molecule has 1 aromatic carbocycles. The Hall–Kier alpha value is -1.51. The zero-order chi connectivity index (χ0) is 12.1. The predicted octanol–water partition coefficient (Wildman–Crippen LogP) is 3.14. The molecular formula is C13H19NO2. The van der Waals surface area contributed by atoms with Crippen molar-refractivity contribution < 1.29 is 9.53 Å². The first kappa shape index (κ1) is 12.6. The third-order valence-electron chi connectivity index (χ3n) is 2.71. The van der Waals surface area contributed by atoms with Gasteiger partial charge in [-0.2, -0.15) is 0 Å². The molecule has 0 aliphatic heterocycles. The number of carbonyl (C=O) groups excluding carboxylic acids is 1. The Labute approximate surface area is 97.0 Å². The maximum Gasteiger partial charge on any atom is 0.415 e. The lowest BCUT2D eigenvalue weighted by Gasteiger charge is -2.18. The molecule has 0 heterocycles. The fourth-order valence-electron chi connectivity index (χ4n) is 1.42. The van der Waals surface area contributed by atoms with Gasteiger partial charge in [0.1, 0.15) is 5.75 Å². The molecule has 1 amide bonds. The molecule has 1 aromatic rings. The first-order valence-electron chi connectivity index (χ1n) is 5.62. The van der Waals surface area contributed by atoms with Crippen LogP contribution in [-0.4, -0.2) is 24.1 Å². The summed E-state index contributed by atoms with van der Waals surface area (Å²) in [6.07, 6.45) is -0.284. The largest absolute Gasteiger partial charge is 0.415 e. The number of hydrogen-bond acceptors (Lipinski definition) is 2. The first-order chi connectivity index (χ1) is 7.58. The second-order valence-corrected chi connectivity index (χ2v) is 3.79. The molecule has 0 aromatic heterocycles. The van der Waals surface area contributed by atoms with Gasteiger partial charge in [0.05, 0.1) is 0 Å². The van der Waals surface area contributed by atoms with Gasteiger partial charge in [-0.3, -0.25) is 0 Å². The number of benzene rings is 1. The van der Waals surface area contributed by atoms with E-state index in [1.165, 1.54) is 5.56 Å². The van der Waals surface area contributed by atoms with E-state index in [9.17, 15) is 4.79 Å². The van der Waals surface area contributed by atoms with Crippen molar-refractivity contribution in [1.82, 2.24) is 4.90 Å². The molecule has 0 N–H and O–H groups in total. The van der Waals surface area contributed by atoms with E-state index in [0.29, 0.717) is 18.8 Å². The van der Waals surface area contributed by atoms with E-state index in [0.717, 1.165) is 5.56 Å². The summed E-state index contributed by atoms with van der Waals surface area (Å²) in [7, 11) is 0. The van der Waals surface area contributed by atoms with Crippen LogP contribution in [0.5, 0.6) is 5.75 Å². The smallest absolute Gasteiger partial charge is 0.410 e. The number of nitrogens with zero attached hydrogens (tertiary/aromatic N) is 1. The van der Waals surface area contributed by atoms with Gasteiger partial charge in [-0.15, -0.1) is 0 Å². The molecule has 1 rings (SSSR count). The highest BCUT2D eigenvalue weighted by Crippen LogP contribution is 2.17. The second kappa shape index (κ2) is 5.54. The fourth-order valence-corrected chi connectivity index (χ4v) is 1.42. The summed E-state index contributed by atoms with van der Waals surface area (Å²) in [5.41, 5.74) is 2.33. The Morgan fingerprint density at radius 1 is 1.19 bits per heavy atom. The summed E-state index contributed by atoms with van der Waals surface area (Å²) < 4.78 is 5.28. The van der Waals surface area contributed by atoms with Crippen molar-refractivity contribution in [2.45, 2.75) is 27.7 Å². The van der Waals surface area contributed by atoms with Gasteiger partial charge < -0.3 is 9.64 Å². The third kappa shape index (κ3) is 2.99. The SMILES string of the molecule is CCN(CC)C(=O)Oc1ccc(C)c(C)c1. The van der Waals surface area contributed by atoms with Gasteiger partial charge in [-0.25, -0.2) is 4.79 Å². The highest BCUT2D eigenvalue weighted by atomic mass is 16.6. The van der Waals surface area contributed by atoms with Gasteiger partial charge >= 0.3 is 6.09 Å². The van der Waals surface area contributed by atoms with Crippen LogP contribution in [0.1, 0.15) is 25.0 Å². The van der Waals surface area contributed by atoms with Gasteiger partial charge in [0.25, 0.3) is 0 Å². The minimum atomic E-state index is -0.284. The lowest BCUT2D eigenvalue weighted by molar-refractivity contribution is 0.157. The van der Waals surface area contributed by atoms with Gasteiger partial charge in [0.2, 0.25) is 0 Å². The Balaban J connectivity index is 2.73. The van der Waals surface area contributed by atoms with E-state index in [1.807, 2.05) is 45.9 Å². The standard InChI is InChI=1S/C13H19NO2/c1-5-14(6-2)13(15)16-12-8-7-10(3)11(4)9-12/h7-9H,5-6H2,1-4H3. The summed E-state index contributed by atoms with van der Waals surface area (Å²) in [5.74, 6) is 0.611. The van der Waals surface area contributed by atoms with Crippen molar-refractivity contribution in [3.63, 3.8) is 0 Å². The van der Waals surface area contributed by atoms with Crippen molar-refractivity contribution in [2.75, 3.05) is 13.1 Å². The maximum absolute atomic E-state index is 11.7. The Morgan fingerprint density at radius 2 is 1.81 bits per heavy atom. The van der Waals surface area contributed by atoms with Crippen LogP contribution in [0.3, 0.4) is 0 Å². The van der Waals surface area contributed by atoms with Crippen molar-refractivity contribution >= 4 is 6.09 Å². The number of rotatable bonds is 3. The minimum absolute atomic E-state index is 0.284. The Kier molecular flexibility index (Phi) is 4.35. The van der Waals surface area contributed by atoms with E-state index in [2.05, 4.69) is 0 Å². The normalized spacial score (nSPS) is 10.0. The fraction of sp³-hybridized carbons (Fsp3) is 0.462. The second-order valence-electron chi connectivity index (χ2n) is 3.79. The number of ether oxygens (including phenoxy) is 1. The number of hydrogen-bond donors (Lipinski definition) is 0. The molecule has 16 heavy (non-hydrogen) atoms. The van der Waals surface area contributed by atoms with E-state index in [1.54, 1.807) is 4.90 Å². The topological polar surface area (TPSA) is 29.5 Å². The van der Waals surface area contributed by atoms with Crippen molar-refractivity contribution in [2.24, 2.45) is 0 Å². The van der Waals surface area contributed by atoms with E-state index in [-0.39, 0.29) is 6.09 Å². The van der Waals surface area contributed by atoms with Crippen LogP contribution < -0.4 is 4.74 Å². The summed E-state index contributed by atoms with van der Waals surface area (Å²) in [4.78, 5) is 13.3. The van der Waals surface area contributed by atoms with Crippen molar-refractivity contribution in [3.8, 4) is 5.75 Å². The molecule has 0 unspecified atom stereocenters. The van der Waals surface area contributed by atoms with Crippen molar-refractivity contribution in [3.05, 3.63) is 29.3 Å². The molecule has 0 bridgehead atoms. The lowest BCUT2D eigenvalue weighted by Crippen LogP contribution is -2.33.